The van der Waals surface area contributed by atoms with Crippen LogP contribution in [0.25, 0.3) is 5.57 Å². The number of carbonyl (C=O) groups excluding carboxylic acids is 2. The molecule has 32 heavy (non-hydrogen) atoms. The molecule has 0 unspecified atom stereocenters. The van der Waals surface area contributed by atoms with Crippen LogP contribution in [0.4, 0.5) is 33.7 Å². The number of urea groups is 1. The van der Waals surface area contributed by atoms with Gasteiger partial charge in [0.15, 0.2) is 0 Å². The molecule has 164 valence electrons. The van der Waals surface area contributed by atoms with E-state index in [9.17, 15) is 27.2 Å². The lowest BCUT2D eigenvalue weighted by molar-refractivity contribution is -0.137. The molecule has 0 heterocycles. The number of nitrogens with two attached hydrogens (primary N) is 1. The van der Waals surface area contributed by atoms with Gasteiger partial charge in [-0.05, 0) is 47.0 Å². The summed E-state index contributed by atoms with van der Waals surface area (Å²) in [5, 5.41) is 4.50. The Kier molecular flexibility index (Phi) is 6.58. The van der Waals surface area contributed by atoms with E-state index in [4.69, 9.17) is 5.73 Å². The summed E-state index contributed by atoms with van der Waals surface area (Å²) >= 11 is 0. The SMILES string of the molecule is NC(=O)C=C(c1ccccc1)c1cccc(NC(=O)Nc2cc(C(F)(F)F)ccc2F)c1. The lowest BCUT2D eigenvalue weighted by atomic mass is 9.97. The number of hydrogen-bond donors (Lipinski definition) is 3. The number of nitrogens with one attached hydrogen (secondary N) is 2. The fourth-order valence-electron chi connectivity index (χ4n) is 2.94. The third kappa shape index (κ3) is 5.72. The van der Waals surface area contributed by atoms with Gasteiger partial charge in [0.1, 0.15) is 5.82 Å². The predicted molar refractivity (Wildman–Crippen MR) is 113 cm³/mol. The van der Waals surface area contributed by atoms with Gasteiger partial charge in [0, 0.05) is 11.8 Å². The molecule has 0 fully saturated rings. The molecule has 4 N–H and O–H groups in total. The maximum absolute atomic E-state index is 13.9. The van der Waals surface area contributed by atoms with Crippen LogP contribution in [-0.2, 0) is 11.0 Å². The minimum absolute atomic E-state index is 0.263. The highest BCUT2D eigenvalue weighted by Crippen LogP contribution is 2.32. The first-order valence-corrected chi connectivity index (χ1v) is 9.25. The Morgan fingerprint density at radius 2 is 1.53 bits per heavy atom. The van der Waals surface area contributed by atoms with Crippen molar-refractivity contribution in [1.82, 2.24) is 0 Å². The van der Waals surface area contributed by atoms with Gasteiger partial charge in [-0.2, -0.15) is 13.2 Å². The largest absolute Gasteiger partial charge is 0.416 e. The molecule has 3 amide bonds. The van der Waals surface area contributed by atoms with Crippen molar-refractivity contribution >= 4 is 28.9 Å². The van der Waals surface area contributed by atoms with Crippen molar-refractivity contribution in [3.63, 3.8) is 0 Å². The molecule has 0 aliphatic rings. The van der Waals surface area contributed by atoms with Gasteiger partial charge in [0.25, 0.3) is 0 Å². The maximum Gasteiger partial charge on any atom is 0.416 e. The van der Waals surface area contributed by atoms with Crippen molar-refractivity contribution in [1.29, 1.82) is 0 Å². The molecule has 5 nitrogen and oxygen atoms in total. The molecular weight excluding hydrogens is 426 g/mol. The van der Waals surface area contributed by atoms with Gasteiger partial charge < -0.3 is 16.4 Å². The van der Waals surface area contributed by atoms with Crippen molar-refractivity contribution in [2.24, 2.45) is 5.73 Å². The first-order valence-electron chi connectivity index (χ1n) is 9.25. The Bertz CT molecular complexity index is 1180. The van der Waals surface area contributed by atoms with Crippen molar-refractivity contribution in [2.75, 3.05) is 10.6 Å². The van der Waals surface area contributed by atoms with E-state index in [1.165, 1.54) is 12.1 Å². The molecule has 0 spiro atoms. The number of anilines is 2. The Labute approximate surface area is 180 Å². The van der Waals surface area contributed by atoms with Crippen molar-refractivity contribution in [3.05, 3.63) is 101 Å². The zero-order chi connectivity index (χ0) is 23.3. The summed E-state index contributed by atoms with van der Waals surface area (Å²) in [5.74, 6) is -1.68. The van der Waals surface area contributed by atoms with Crippen LogP contribution < -0.4 is 16.4 Å². The molecule has 0 radical (unpaired) electrons. The minimum atomic E-state index is -4.68. The maximum atomic E-state index is 13.9. The van der Waals surface area contributed by atoms with E-state index in [0.717, 1.165) is 0 Å². The number of rotatable bonds is 5. The van der Waals surface area contributed by atoms with E-state index in [1.54, 1.807) is 48.5 Å². The molecule has 0 saturated heterocycles. The molecule has 9 heteroatoms. The second-order valence-electron chi connectivity index (χ2n) is 6.68. The zero-order valence-electron chi connectivity index (χ0n) is 16.4. The van der Waals surface area contributed by atoms with E-state index >= 15 is 0 Å². The lowest BCUT2D eigenvalue weighted by Gasteiger charge is -2.13. The third-order valence-electron chi connectivity index (χ3n) is 4.34. The molecule has 0 saturated carbocycles. The van der Waals surface area contributed by atoms with Crippen molar-refractivity contribution in [2.45, 2.75) is 6.18 Å². The second-order valence-corrected chi connectivity index (χ2v) is 6.68. The van der Waals surface area contributed by atoms with Crippen LogP contribution in [0.2, 0.25) is 0 Å². The molecule has 0 atom stereocenters. The van der Waals surface area contributed by atoms with Crippen molar-refractivity contribution < 1.29 is 27.2 Å². The van der Waals surface area contributed by atoms with Crippen LogP contribution in [0.3, 0.4) is 0 Å². The highest BCUT2D eigenvalue weighted by Gasteiger charge is 2.31. The summed E-state index contributed by atoms with van der Waals surface area (Å²) in [6.45, 7) is 0. The van der Waals surface area contributed by atoms with Gasteiger partial charge in [-0.1, -0.05) is 42.5 Å². The molecular formula is C23H17F4N3O2. The molecule has 3 rings (SSSR count). The van der Waals surface area contributed by atoms with Gasteiger partial charge in [0.05, 0.1) is 11.3 Å². The summed E-state index contributed by atoms with van der Waals surface area (Å²) in [4.78, 5) is 23.8. The summed E-state index contributed by atoms with van der Waals surface area (Å²) in [6.07, 6.45) is -3.44. The highest BCUT2D eigenvalue weighted by molar-refractivity contribution is 6.01. The Balaban J connectivity index is 1.83. The number of benzene rings is 3. The first kappa shape index (κ1) is 22.5. The molecule has 0 aliphatic heterocycles. The lowest BCUT2D eigenvalue weighted by Crippen LogP contribution is -2.20. The van der Waals surface area contributed by atoms with E-state index in [-0.39, 0.29) is 5.69 Å². The van der Waals surface area contributed by atoms with Crippen LogP contribution in [0.15, 0.2) is 78.9 Å². The van der Waals surface area contributed by atoms with Crippen LogP contribution in [0.5, 0.6) is 0 Å². The highest BCUT2D eigenvalue weighted by atomic mass is 19.4. The van der Waals surface area contributed by atoms with Gasteiger partial charge >= 0.3 is 12.2 Å². The fraction of sp³-hybridized carbons (Fsp3) is 0.0435. The number of halogens is 4. The summed E-state index contributed by atoms with van der Waals surface area (Å²) in [6, 6.07) is 16.1. The Hall–Kier alpha value is -4.14. The van der Waals surface area contributed by atoms with E-state index < -0.39 is 35.2 Å². The predicted octanol–water partition coefficient (Wildman–Crippen LogP) is 5.41. The minimum Gasteiger partial charge on any atom is -0.366 e. The van der Waals surface area contributed by atoms with Gasteiger partial charge in [0.2, 0.25) is 5.91 Å². The Morgan fingerprint density at radius 3 is 2.19 bits per heavy atom. The summed E-state index contributed by atoms with van der Waals surface area (Å²) < 4.78 is 52.4. The normalized spacial score (nSPS) is 11.7. The number of carbonyl (C=O) groups is 2. The number of alkyl halides is 3. The quantitative estimate of drug-likeness (QED) is 0.364. The summed E-state index contributed by atoms with van der Waals surface area (Å²) in [5.41, 5.74) is 5.63. The fourth-order valence-corrected chi connectivity index (χ4v) is 2.94. The second kappa shape index (κ2) is 9.34. The van der Waals surface area contributed by atoms with Gasteiger partial charge in [-0.3, -0.25) is 4.79 Å². The third-order valence-corrected chi connectivity index (χ3v) is 4.34. The van der Waals surface area contributed by atoms with Crippen molar-refractivity contribution in [3.8, 4) is 0 Å². The standard InChI is InChI=1S/C23H17F4N3O2/c24-19-10-9-16(23(25,26)27)12-20(19)30-22(32)29-17-8-4-7-15(11-17)18(13-21(28)31)14-5-2-1-3-6-14/h1-13H,(H2,28,31)(H2,29,30,32). The molecule has 0 bridgehead atoms. The van der Waals surface area contributed by atoms with Crippen LogP contribution in [0, 0.1) is 5.82 Å². The number of hydrogen-bond acceptors (Lipinski definition) is 2. The monoisotopic (exact) mass is 443 g/mol. The molecule has 3 aromatic rings. The number of amides is 3. The van der Waals surface area contributed by atoms with E-state index in [2.05, 4.69) is 10.6 Å². The van der Waals surface area contributed by atoms with Crippen LogP contribution in [-0.4, -0.2) is 11.9 Å². The zero-order valence-corrected chi connectivity index (χ0v) is 16.4. The van der Waals surface area contributed by atoms with Gasteiger partial charge in [-0.15, -0.1) is 0 Å². The van der Waals surface area contributed by atoms with E-state index in [0.29, 0.717) is 34.9 Å². The van der Waals surface area contributed by atoms with Gasteiger partial charge in [-0.25, -0.2) is 9.18 Å². The average molecular weight is 443 g/mol. The average Bonchev–Trinajstić information content (AvgIpc) is 2.73. The molecule has 0 aliphatic carbocycles. The first-order chi connectivity index (χ1) is 15.1. The smallest absolute Gasteiger partial charge is 0.366 e. The molecule has 3 aromatic carbocycles. The topological polar surface area (TPSA) is 84.2 Å². The van der Waals surface area contributed by atoms with Crippen LogP contribution >= 0.6 is 0 Å². The number of primary amides is 1. The van der Waals surface area contributed by atoms with Crippen LogP contribution in [0.1, 0.15) is 16.7 Å². The summed E-state index contributed by atoms with van der Waals surface area (Å²) in [7, 11) is 0. The Morgan fingerprint density at radius 1 is 0.844 bits per heavy atom. The van der Waals surface area contributed by atoms with E-state index in [1.807, 2.05) is 0 Å². The molecule has 0 aromatic heterocycles.